The minimum absolute atomic E-state index is 0.199. The largest absolute Gasteiger partial charge is 0.479 e. The number of benzene rings is 1. The maximum Gasteiger partial charge on any atom is 0.314 e. The van der Waals surface area contributed by atoms with Crippen molar-refractivity contribution in [1.29, 1.82) is 0 Å². The summed E-state index contributed by atoms with van der Waals surface area (Å²) in [6, 6.07) is 5.10. The molecule has 1 aromatic heterocycles. The summed E-state index contributed by atoms with van der Waals surface area (Å²) in [5.74, 6) is 0. The smallest absolute Gasteiger partial charge is 0.314 e. The lowest BCUT2D eigenvalue weighted by atomic mass is 10.2. The zero-order chi connectivity index (χ0) is 9.42. The fraction of sp³-hybridized carbons (Fsp3) is 0.111. The van der Waals surface area contributed by atoms with Crippen LogP contribution in [0, 0.1) is 6.92 Å². The number of hydrogen-bond donors (Lipinski definition) is 2. The van der Waals surface area contributed by atoms with Gasteiger partial charge in [0.1, 0.15) is 0 Å². The lowest BCUT2D eigenvalue weighted by Crippen LogP contribution is -1.91. The maximum absolute atomic E-state index is 9.13. The predicted octanol–water partition coefficient (Wildman–Crippen LogP) is 1.23. The lowest BCUT2D eigenvalue weighted by molar-refractivity contribution is 0.432. The van der Waals surface area contributed by atoms with E-state index in [9.17, 15) is 0 Å². The van der Waals surface area contributed by atoms with Gasteiger partial charge in [-0.1, -0.05) is 0 Å². The minimum Gasteiger partial charge on any atom is -0.479 e. The van der Waals surface area contributed by atoms with E-state index in [1.54, 1.807) is 18.2 Å². The summed E-state index contributed by atoms with van der Waals surface area (Å²) >= 11 is 0. The highest BCUT2D eigenvalue weighted by atomic mass is 16.3. The van der Waals surface area contributed by atoms with Gasteiger partial charge in [-0.25, -0.2) is 4.98 Å². The third kappa shape index (κ3) is 1.26. The molecule has 4 nitrogen and oxygen atoms in total. The summed E-state index contributed by atoms with van der Waals surface area (Å²) in [5.41, 5.74) is 7.72. The number of nitrogens with zero attached hydrogens (tertiary/aromatic N) is 2. The molecule has 0 saturated heterocycles. The number of nitrogens with two attached hydrogens (primary N) is 1. The van der Waals surface area contributed by atoms with Gasteiger partial charge in [0.25, 0.3) is 0 Å². The first kappa shape index (κ1) is 7.79. The third-order valence-electron chi connectivity index (χ3n) is 1.90. The Bertz CT molecular complexity index is 468. The van der Waals surface area contributed by atoms with Gasteiger partial charge in [0.05, 0.1) is 11.2 Å². The van der Waals surface area contributed by atoms with Crippen molar-refractivity contribution in [2.24, 2.45) is 0 Å². The van der Waals surface area contributed by atoms with Crippen LogP contribution in [0.1, 0.15) is 5.69 Å². The van der Waals surface area contributed by atoms with Crippen molar-refractivity contribution < 1.29 is 5.11 Å². The van der Waals surface area contributed by atoms with Crippen molar-refractivity contribution in [2.75, 3.05) is 5.73 Å². The van der Waals surface area contributed by atoms with Crippen molar-refractivity contribution in [3.05, 3.63) is 23.9 Å². The van der Waals surface area contributed by atoms with Gasteiger partial charge in [-0.2, -0.15) is 4.98 Å². The van der Waals surface area contributed by atoms with Crippen molar-refractivity contribution >= 4 is 16.6 Å². The number of aromatic hydroxyl groups is 1. The summed E-state index contributed by atoms with van der Waals surface area (Å²) in [5, 5.41) is 10.00. The van der Waals surface area contributed by atoms with E-state index in [-0.39, 0.29) is 6.01 Å². The molecule has 0 atom stereocenters. The first-order chi connectivity index (χ1) is 6.16. The van der Waals surface area contributed by atoms with Crippen LogP contribution in [0.2, 0.25) is 0 Å². The molecule has 0 aliphatic heterocycles. The Morgan fingerprint density at radius 3 is 2.85 bits per heavy atom. The van der Waals surface area contributed by atoms with Gasteiger partial charge >= 0.3 is 6.01 Å². The van der Waals surface area contributed by atoms with E-state index in [2.05, 4.69) is 9.97 Å². The molecule has 0 fully saturated rings. The van der Waals surface area contributed by atoms with Crippen LogP contribution in [-0.2, 0) is 0 Å². The summed E-state index contributed by atoms with van der Waals surface area (Å²) in [6.07, 6.45) is 0. The SMILES string of the molecule is Cc1nc(O)nc2ccc(N)cc12. The van der Waals surface area contributed by atoms with Crippen LogP contribution in [0.3, 0.4) is 0 Å². The molecule has 13 heavy (non-hydrogen) atoms. The average molecular weight is 175 g/mol. The van der Waals surface area contributed by atoms with Gasteiger partial charge in [-0.05, 0) is 25.1 Å². The van der Waals surface area contributed by atoms with Crippen molar-refractivity contribution in [3.63, 3.8) is 0 Å². The minimum atomic E-state index is -0.199. The maximum atomic E-state index is 9.13. The van der Waals surface area contributed by atoms with Crippen molar-refractivity contribution in [3.8, 4) is 6.01 Å². The topological polar surface area (TPSA) is 72.0 Å². The summed E-state index contributed by atoms with van der Waals surface area (Å²) in [6.45, 7) is 1.81. The standard InChI is InChI=1S/C9H9N3O/c1-5-7-4-6(10)2-3-8(7)12-9(13)11-5/h2-4H,10H2,1H3,(H,11,12,13). The number of aryl methyl sites for hydroxylation is 1. The normalized spacial score (nSPS) is 10.5. The molecule has 0 saturated carbocycles. The van der Waals surface area contributed by atoms with Gasteiger partial charge in [0.2, 0.25) is 0 Å². The molecule has 2 aromatic rings. The van der Waals surface area contributed by atoms with Gasteiger partial charge in [-0.15, -0.1) is 0 Å². The Labute approximate surface area is 75.1 Å². The monoisotopic (exact) mass is 175 g/mol. The van der Waals surface area contributed by atoms with Gasteiger partial charge in [0.15, 0.2) is 0 Å². The quantitative estimate of drug-likeness (QED) is 0.590. The predicted molar refractivity (Wildman–Crippen MR) is 50.4 cm³/mol. The summed E-state index contributed by atoms with van der Waals surface area (Å²) in [7, 11) is 0. The molecular weight excluding hydrogens is 166 g/mol. The molecule has 4 heteroatoms. The molecular formula is C9H9N3O. The molecule has 0 aliphatic rings. The summed E-state index contributed by atoms with van der Waals surface area (Å²) in [4.78, 5) is 7.70. The molecule has 2 rings (SSSR count). The fourth-order valence-corrected chi connectivity index (χ4v) is 1.28. The first-order valence-corrected chi connectivity index (χ1v) is 3.89. The molecule has 0 radical (unpaired) electrons. The van der Waals surface area contributed by atoms with Gasteiger partial charge in [-0.3, -0.25) is 0 Å². The molecule has 66 valence electrons. The molecule has 0 unspecified atom stereocenters. The van der Waals surface area contributed by atoms with Gasteiger partial charge in [0, 0.05) is 11.1 Å². The number of fused-ring (bicyclic) bond motifs is 1. The van der Waals surface area contributed by atoms with E-state index >= 15 is 0 Å². The highest BCUT2D eigenvalue weighted by Gasteiger charge is 2.02. The van der Waals surface area contributed by atoms with E-state index in [1.165, 1.54) is 0 Å². The number of nitrogen functional groups attached to an aromatic ring is 1. The highest BCUT2D eigenvalue weighted by Crippen LogP contribution is 2.19. The number of hydrogen-bond acceptors (Lipinski definition) is 4. The zero-order valence-corrected chi connectivity index (χ0v) is 7.15. The molecule has 0 aliphatic carbocycles. The highest BCUT2D eigenvalue weighted by molar-refractivity contribution is 5.84. The zero-order valence-electron chi connectivity index (χ0n) is 7.15. The Kier molecular flexibility index (Phi) is 1.55. The molecule has 3 N–H and O–H groups in total. The molecule has 0 spiro atoms. The van der Waals surface area contributed by atoms with E-state index in [4.69, 9.17) is 10.8 Å². The third-order valence-corrected chi connectivity index (χ3v) is 1.90. The van der Waals surface area contributed by atoms with Crippen molar-refractivity contribution in [2.45, 2.75) is 6.92 Å². The number of rotatable bonds is 0. The van der Waals surface area contributed by atoms with Crippen LogP contribution in [0.5, 0.6) is 6.01 Å². The molecule has 0 amide bonds. The van der Waals surface area contributed by atoms with Crippen LogP contribution < -0.4 is 5.73 Å². The average Bonchev–Trinajstić information content (AvgIpc) is 2.06. The Morgan fingerprint density at radius 1 is 1.31 bits per heavy atom. The van der Waals surface area contributed by atoms with Crippen LogP contribution in [0.25, 0.3) is 10.9 Å². The fourth-order valence-electron chi connectivity index (χ4n) is 1.28. The van der Waals surface area contributed by atoms with Crippen LogP contribution in [0.15, 0.2) is 18.2 Å². The van der Waals surface area contributed by atoms with E-state index < -0.39 is 0 Å². The molecule has 1 heterocycles. The second-order valence-corrected chi connectivity index (χ2v) is 2.89. The number of anilines is 1. The molecule has 1 aromatic carbocycles. The Morgan fingerprint density at radius 2 is 2.08 bits per heavy atom. The number of aromatic nitrogens is 2. The van der Waals surface area contributed by atoms with Crippen LogP contribution >= 0.6 is 0 Å². The van der Waals surface area contributed by atoms with E-state index in [0.717, 1.165) is 11.1 Å². The van der Waals surface area contributed by atoms with Crippen LogP contribution in [0.4, 0.5) is 5.69 Å². The summed E-state index contributed by atoms with van der Waals surface area (Å²) < 4.78 is 0. The Hall–Kier alpha value is -1.84. The van der Waals surface area contributed by atoms with Crippen molar-refractivity contribution in [1.82, 2.24) is 9.97 Å². The molecule has 0 bridgehead atoms. The second kappa shape index (κ2) is 2.58. The van der Waals surface area contributed by atoms with Gasteiger partial charge < -0.3 is 10.8 Å². The first-order valence-electron chi connectivity index (χ1n) is 3.89. The Balaban J connectivity index is 2.87. The van der Waals surface area contributed by atoms with E-state index in [1.807, 2.05) is 6.92 Å². The van der Waals surface area contributed by atoms with E-state index in [0.29, 0.717) is 11.2 Å². The van der Waals surface area contributed by atoms with Crippen LogP contribution in [-0.4, -0.2) is 15.1 Å². The lowest BCUT2D eigenvalue weighted by Gasteiger charge is -2.01. The second-order valence-electron chi connectivity index (χ2n) is 2.89.